The Kier molecular flexibility index (Phi) is 4.23. The van der Waals surface area contributed by atoms with Crippen LogP contribution in [0.3, 0.4) is 0 Å². The van der Waals surface area contributed by atoms with Crippen LogP contribution < -0.4 is 4.74 Å². The van der Waals surface area contributed by atoms with Gasteiger partial charge in [0.1, 0.15) is 17.4 Å². The maximum absolute atomic E-state index is 5.24. The number of nitrogens with one attached hydrogen (secondary N) is 1. The molecule has 7 heteroatoms. The molecule has 0 amide bonds. The van der Waals surface area contributed by atoms with E-state index in [-0.39, 0.29) is 6.04 Å². The topological polar surface area (TPSA) is 71.9 Å². The van der Waals surface area contributed by atoms with E-state index in [2.05, 4.69) is 29.6 Å². The van der Waals surface area contributed by atoms with Gasteiger partial charge in [0.05, 0.1) is 19.7 Å². The Bertz CT molecular complexity index is 837. The number of rotatable bonds is 5. The molecule has 1 fully saturated rings. The molecule has 1 saturated heterocycles. The van der Waals surface area contributed by atoms with Crippen molar-refractivity contribution in [3.63, 3.8) is 0 Å². The zero-order chi connectivity index (χ0) is 17.2. The quantitative estimate of drug-likeness (QED) is 0.774. The molecule has 1 aliphatic rings. The van der Waals surface area contributed by atoms with Crippen molar-refractivity contribution in [2.24, 2.45) is 0 Å². The second kappa shape index (κ2) is 6.68. The van der Waals surface area contributed by atoms with E-state index in [0.29, 0.717) is 0 Å². The summed E-state index contributed by atoms with van der Waals surface area (Å²) < 4.78 is 7.36. The minimum absolute atomic E-state index is 0.256. The number of hydrogen-bond donors (Lipinski definition) is 1. The van der Waals surface area contributed by atoms with Gasteiger partial charge in [-0.2, -0.15) is 5.10 Å². The van der Waals surface area contributed by atoms with Crippen LogP contribution in [-0.2, 0) is 6.54 Å². The van der Waals surface area contributed by atoms with E-state index in [1.54, 1.807) is 7.11 Å². The van der Waals surface area contributed by atoms with Gasteiger partial charge in [-0.15, -0.1) is 0 Å². The van der Waals surface area contributed by atoms with Gasteiger partial charge < -0.3 is 9.30 Å². The Balaban J connectivity index is 1.56. The smallest absolute Gasteiger partial charge is 0.167 e. The number of imidazole rings is 1. The lowest BCUT2D eigenvalue weighted by Gasteiger charge is -2.22. The zero-order valence-electron chi connectivity index (χ0n) is 14.5. The third kappa shape index (κ3) is 3.15. The fraction of sp³-hybridized carbons (Fsp3) is 0.389. The summed E-state index contributed by atoms with van der Waals surface area (Å²) in [6.45, 7) is 3.75. The summed E-state index contributed by atoms with van der Waals surface area (Å²) >= 11 is 0. The number of aromatic nitrogens is 5. The molecule has 130 valence electrons. The first-order valence-electron chi connectivity index (χ1n) is 8.54. The van der Waals surface area contributed by atoms with Crippen molar-refractivity contribution < 1.29 is 4.74 Å². The lowest BCUT2D eigenvalue weighted by Crippen LogP contribution is -2.25. The third-order valence-corrected chi connectivity index (χ3v) is 4.69. The number of hydrogen-bond acceptors (Lipinski definition) is 5. The highest BCUT2D eigenvalue weighted by atomic mass is 16.5. The Morgan fingerprint density at radius 2 is 2.12 bits per heavy atom. The van der Waals surface area contributed by atoms with Gasteiger partial charge in [-0.3, -0.25) is 10.00 Å². The highest BCUT2D eigenvalue weighted by Gasteiger charge is 2.30. The molecule has 0 saturated carbocycles. The predicted octanol–water partition coefficient (Wildman–Crippen LogP) is 2.64. The molecule has 0 spiro atoms. The van der Waals surface area contributed by atoms with Crippen LogP contribution in [0.1, 0.15) is 36.4 Å². The molecule has 1 unspecified atom stereocenters. The predicted molar refractivity (Wildman–Crippen MR) is 93.6 cm³/mol. The molecule has 7 nitrogen and oxygen atoms in total. The number of aromatic amines is 1. The first kappa shape index (κ1) is 15.8. The lowest BCUT2D eigenvalue weighted by molar-refractivity contribution is 0.233. The van der Waals surface area contributed by atoms with Crippen LogP contribution in [0.25, 0.3) is 5.69 Å². The highest BCUT2D eigenvalue weighted by molar-refractivity contribution is 5.38. The molecule has 0 radical (unpaired) electrons. The molecule has 3 aromatic rings. The van der Waals surface area contributed by atoms with Crippen molar-refractivity contribution >= 4 is 0 Å². The lowest BCUT2D eigenvalue weighted by atomic mass is 10.2. The maximum Gasteiger partial charge on any atom is 0.167 e. The van der Waals surface area contributed by atoms with Gasteiger partial charge in [0.25, 0.3) is 0 Å². The number of nitrogens with zero attached hydrogens (tertiary/aromatic N) is 5. The monoisotopic (exact) mass is 338 g/mol. The van der Waals surface area contributed by atoms with Crippen LogP contribution in [-0.4, -0.2) is 43.3 Å². The van der Waals surface area contributed by atoms with Crippen LogP contribution >= 0.6 is 0 Å². The first-order chi connectivity index (χ1) is 12.2. The Morgan fingerprint density at radius 1 is 1.28 bits per heavy atom. The van der Waals surface area contributed by atoms with E-state index in [0.717, 1.165) is 54.8 Å². The summed E-state index contributed by atoms with van der Waals surface area (Å²) in [6, 6.07) is 8.28. The van der Waals surface area contributed by atoms with Crippen LogP contribution in [0.4, 0.5) is 0 Å². The number of H-pyrrole nitrogens is 1. The second-order valence-corrected chi connectivity index (χ2v) is 6.32. The number of aryl methyl sites for hydroxylation is 1. The molecule has 25 heavy (non-hydrogen) atoms. The van der Waals surface area contributed by atoms with Gasteiger partial charge in [0.15, 0.2) is 5.82 Å². The molecule has 3 heterocycles. The molecule has 2 aromatic heterocycles. The summed E-state index contributed by atoms with van der Waals surface area (Å²) in [5.74, 6) is 3.62. The van der Waals surface area contributed by atoms with Crippen LogP contribution in [0, 0.1) is 6.92 Å². The molecule has 1 atom stereocenters. The molecule has 1 N–H and O–H groups in total. The summed E-state index contributed by atoms with van der Waals surface area (Å²) in [7, 11) is 1.68. The van der Waals surface area contributed by atoms with E-state index in [1.807, 2.05) is 43.6 Å². The summed E-state index contributed by atoms with van der Waals surface area (Å²) in [5.41, 5.74) is 1.08. The van der Waals surface area contributed by atoms with Crippen LogP contribution in [0.15, 0.2) is 36.7 Å². The third-order valence-electron chi connectivity index (χ3n) is 4.69. The van der Waals surface area contributed by atoms with Gasteiger partial charge >= 0.3 is 0 Å². The standard InChI is InChI=1S/C18H22N6O/c1-13-20-18(22-21-13)16-4-3-10-23(16)12-17-19-9-11-24(17)14-5-7-15(25-2)8-6-14/h5-9,11,16H,3-4,10,12H2,1-2H3,(H,20,21,22). The van der Waals surface area contributed by atoms with Crippen molar-refractivity contribution in [2.45, 2.75) is 32.4 Å². The number of ether oxygens (including phenoxy) is 1. The van der Waals surface area contributed by atoms with Crippen molar-refractivity contribution in [3.05, 3.63) is 54.1 Å². The average Bonchev–Trinajstić information content (AvgIpc) is 3.36. The largest absolute Gasteiger partial charge is 0.497 e. The van der Waals surface area contributed by atoms with E-state index in [1.165, 1.54) is 0 Å². The van der Waals surface area contributed by atoms with E-state index in [9.17, 15) is 0 Å². The first-order valence-corrected chi connectivity index (χ1v) is 8.54. The molecule has 1 aliphatic heterocycles. The normalized spacial score (nSPS) is 17.9. The SMILES string of the molecule is COc1ccc(-n2ccnc2CN2CCCC2c2n[nH]c(C)n2)cc1. The van der Waals surface area contributed by atoms with Crippen molar-refractivity contribution in [1.29, 1.82) is 0 Å². The fourth-order valence-electron chi connectivity index (χ4n) is 3.43. The number of benzene rings is 1. The molecule has 0 aliphatic carbocycles. The van der Waals surface area contributed by atoms with Gasteiger partial charge in [-0.25, -0.2) is 9.97 Å². The van der Waals surface area contributed by atoms with Gasteiger partial charge in [-0.05, 0) is 50.6 Å². The Labute approximate surface area is 146 Å². The van der Waals surface area contributed by atoms with Crippen molar-refractivity contribution in [2.75, 3.05) is 13.7 Å². The molecular formula is C18H22N6O. The van der Waals surface area contributed by atoms with Gasteiger partial charge in [-0.1, -0.05) is 0 Å². The van der Waals surface area contributed by atoms with Crippen molar-refractivity contribution in [1.82, 2.24) is 29.6 Å². The minimum atomic E-state index is 0.256. The Morgan fingerprint density at radius 3 is 2.84 bits per heavy atom. The van der Waals surface area contributed by atoms with E-state index in [4.69, 9.17) is 4.74 Å². The van der Waals surface area contributed by atoms with Crippen molar-refractivity contribution in [3.8, 4) is 11.4 Å². The number of methoxy groups -OCH3 is 1. The summed E-state index contributed by atoms with van der Waals surface area (Å²) in [5, 5.41) is 7.31. The molecular weight excluding hydrogens is 316 g/mol. The van der Waals surface area contributed by atoms with Gasteiger partial charge in [0.2, 0.25) is 0 Å². The summed E-state index contributed by atoms with van der Waals surface area (Å²) in [6.07, 6.45) is 6.09. The maximum atomic E-state index is 5.24. The summed E-state index contributed by atoms with van der Waals surface area (Å²) in [4.78, 5) is 11.5. The molecule has 1 aromatic carbocycles. The van der Waals surface area contributed by atoms with Gasteiger partial charge in [0, 0.05) is 18.1 Å². The molecule has 4 rings (SSSR count). The van der Waals surface area contributed by atoms with E-state index < -0.39 is 0 Å². The molecule has 0 bridgehead atoms. The van der Waals surface area contributed by atoms with Crippen LogP contribution in [0.2, 0.25) is 0 Å². The Hall–Kier alpha value is -2.67. The highest BCUT2D eigenvalue weighted by Crippen LogP contribution is 2.31. The average molecular weight is 338 g/mol. The van der Waals surface area contributed by atoms with Crippen LogP contribution in [0.5, 0.6) is 5.75 Å². The fourth-order valence-corrected chi connectivity index (χ4v) is 3.43. The number of likely N-dealkylation sites (tertiary alicyclic amines) is 1. The zero-order valence-corrected chi connectivity index (χ0v) is 14.5. The minimum Gasteiger partial charge on any atom is -0.497 e. The second-order valence-electron chi connectivity index (χ2n) is 6.32. The van der Waals surface area contributed by atoms with E-state index >= 15 is 0 Å².